The van der Waals surface area contributed by atoms with Gasteiger partial charge in [0.15, 0.2) is 5.96 Å². The van der Waals surface area contributed by atoms with Crippen LogP contribution in [-0.4, -0.2) is 50.1 Å². The maximum absolute atomic E-state index is 4.34. The van der Waals surface area contributed by atoms with Crippen molar-refractivity contribution in [1.82, 2.24) is 20.5 Å². The van der Waals surface area contributed by atoms with Gasteiger partial charge < -0.3 is 15.5 Å². The number of aromatic nitrogens is 1. The fraction of sp³-hybridized carbons (Fsp3) is 0.400. The average molecular weight is 339 g/mol. The monoisotopic (exact) mass is 339 g/mol. The van der Waals surface area contributed by atoms with Gasteiger partial charge in [-0.1, -0.05) is 35.9 Å². The van der Waals surface area contributed by atoms with Gasteiger partial charge in [0.1, 0.15) is 0 Å². The molecule has 5 nitrogen and oxygen atoms in total. The topological polar surface area (TPSA) is 52.6 Å². The second kappa shape index (κ2) is 9.79. The Morgan fingerprint density at radius 3 is 2.48 bits per heavy atom. The molecule has 1 aromatic heterocycles. The lowest BCUT2D eigenvalue weighted by Crippen LogP contribution is -2.42. The van der Waals surface area contributed by atoms with Gasteiger partial charge in [0.05, 0.1) is 6.04 Å². The number of guanidine groups is 1. The molecule has 0 radical (unpaired) electrons. The smallest absolute Gasteiger partial charge is 0.191 e. The van der Waals surface area contributed by atoms with Crippen LogP contribution >= 0.6 is 0 Å². The molecular weight excluding hydrogens is 310 g/mol. The lowest BCUT2D eigenvalue weighted by atomic mass is 10.0. The van der Waals surface area contributed by atoms with Crippen molar-refractivity contribution in [3.05, 3.63) is 65.5 Å². The Balaban J connectivity index is 1.86. The standard InChI is InChI=1S/C20H29N5/c1-16-8-10-17(11-9-16)19(25(3)4)15-24-20(21-2)23-14-12-18-7-5-6-13-22-18/h5-11,13,19H,12,14-15H2,1-4H3,(H2,21,23,24). The van der Waals surface area contributed by atoms with Crippen molar-refractivity contribution in [2.75, 3.05) is 34.2 Å². The van der Waals surface area contributed by atoms with Crippen LogP contribution in [0.1, 0.15) is 22.9 Å². The number of pyridine rings is 1. The van der Waals surface area contributed by atoms with Crippen molar-refractivity contribution >= 4 is 5.96 Å². The Morgan fingerprint density at radius 1 is 1.12 bits per heavy atom. The summed E-state index contributed by atoms with van der Waals surface area (Å²) in [6, 6.07) is 15.0. The highest BCUT2D eigenvalue weighted by atomic mass is 15.2. The van der Waals surface area contributed by atoms with E-state index in [9.17, 15) is 0 Å². The zero-order valence-corrected chi connectivity index (χ0v) is 15.7. The summed E-state index contributed by atoms with van der Waals surface area (Å²) in [5, 5.41) is 6.78. The quantitative estimate of drug-likeness (QED) is 0.601. The van der Waals surface area contributed by atoms with E-state index >= 15 is 0 Å². The maximum Gasteiger partial charge on any atom is 0.191 e. The van der Waals surface area contributed by atoms with Crippen LogP contribution < -0.4 is 10.6 Å². The largest absolute Gasteiger partial charge is 0.356 e. The molecule has 2 N–H and O–H groups in total. The molecule has 1 heterocycles. The second-order valence-corrected chi connectivity index (χ2v) is 6.34. The van der Waals surface area contributed by atoms with Crippen LogP contribution in [-0.2, 0) is 6.42 Å². The molecule has 0 aliphatic heterocycles. The first-order valence-corrected chi connectivity index (χ1v) is 8.67. The van der Waals surface area contributed by atoms with E-state index in [2.05, 4.69) is 70.8 Å². The van der Waals surface area contributed by atoms with E-state index in [0.29, 0.717) is 0 Å². The van der Waals surface area contributed by atoms with Gasteiger partial charge in [-0.05, 0) is 38.7 Å². The van der Waals surface area contributed by atoms with E-state index in [1.165, 1.54) is 11.1 Å². The SMILES string of the molecule is CN=C(NCCc1ccccn1)NCC(c1ccc(C)cc1)N(C)C. The molecule has 0 bridgehead atoms. The van der Waals surface area contributed by atoms with E-state index in [1.54, 1.807) is 7.05 Å². The second-order valence-electron chi connectivity index (χ2n) is 6.34. The minimum Gasteiger partial charge on any atom is -0.356 e. The van der Waals surface area contributed by atoms with Crippen LogP contribution in [0.3, 0.4) is 0 Å². The molecule has 0 saturated carbocycles. The van der Waals surface area contributed by atoms with Gasteiger partial charge in [0.25, 0.3) is 0 Å². The van der Waals surface area contributed by atoms with Crippen molar-refractivity contribution in [2.24, 2.45) is 4.99 Å². The van der Waals surface area contributed by atoms with E-state index in [-0.39, 0.29) is 6.04 Å². The Morgan fingerprint density at radius 2 is 1.88 bits per heavy atom. The Kier molecular flexibility index (Phi) is 7.41. The molecule has 0 spiro atoms. The molecule has 1 atom stereocenters. The summed E-state index contributed by atoms with van der Waals surface area (Å²) >= 11 is 0. The molecule has 25 heavy (non-hydrogen) atoms. The van der Waals surface area contributed by atoms with Gasteiger partial charge in [0.2, 0.25) is 0 Å². The molecule has 0 saturated heterocycles. The van der Waals surface area contributed by atoms with Crippen molar-refractivity contribution < 1.29 is 0 Å². The summed E-state index contributed by atoms with van der Waals surface area (Å²) in [6.07, 6.45) is 2.70. The van der Waals surface area contributed by atoms with Crippen molar-refractivity contribution in [1.29, 1.82) is 0 Å². The fourth-order valence-corrected chi connectivity index (χ4v) is 2.66. The summed E-state index contributed by atoms with van der Waals surface area (Å²) in [4.78, 5) is 10.9. The van der Waals surface area contributed by atoms with Gasteiger partial charge >= 0.3 is 0 Å². The molecule has 1 unspecified atom stereocenters. The normalized spacial score (nSPS) is 12.9. The molecule has 0 fully saturated rings. The maximum atomic E-state index is 4.34. The van der Waals surface area contributed by atoms with E-state index in [4.69, 9.17) is 0 Å². The first kappa shape index (κ1) is 18.9. The number of nitrogens with zero attached hydrogens (tertiary/aromatic N) is 3. The first-order valence-electron chi connectivity index (χ1n) is 8.67. The highest BCUT2D eigenvalue weighted by Crippen LogP contribution is 2.17. The van der Waals surface area contributed by atoms with Gasteiger partial charge in [-0.15, -0.1) is 0 Å². The number of benzene rings is 1. The number of hydrogen-bond acceptors (Lipinski definition) is 3. The van der Waals surface area contributed by atoms with Crippen molar-refractivity contribution in [3.8, 4) is 0 Å². The number of aliphatic imine (C=N–C) groups is 1. The van der Waals surface area contributed by atoms with Crippen molar-refractivity contribution in [2.45, 2.75) is 19.4 Å². The molecular formula is C20H29N5. The molecule has 0 aliphatic carbocycles. The van der Waals surface area contributed by atoms with Gasteiger partial charge in [-0.2, -0.15) is 0 Å². The lowest BCUT2D eigenvalue weighted by Gasteiger charge is -2.26. The highest BCUT2D eigenvalue weighted by Gasteiger charge is 2.14. The number of nitrogens with one attached hydrogen (secondary N) is 2. The van der Waals surface area contributed by atoms with Crippen molar-refractivity contribution in [3.63, 3.8) is 0 Å². The predicted molar refractivity (Wildman–Crippen MR) is 105 cm³/mol. The van der Waals surface area contributed by atoms with Gasteiger partial charge in [0, 0.05) is 38.4 Å². The van der Waals surface area contributed by atoms with E-state index in [1.807, 2.05) is 24.4 Å². The molecule has 5 heteroatoms. The molecule has 134 valence electrons. The number of aryl methyl sites for hydroxylation is 1. The summed E-state index contributed by atoms with van der Waals surface area (Å²) in [7, 11) is 6.00. The van der Waals surface area contributed by atoms with Crippen LogP contribution in [0, 0.1) is 6.92 Å². The third-order valence-electron chi connectivity index (χ3n) is 4.17. The molecule has 2 rings (SSSR count). The predicted octanol–water partition coefficient (Wildman–Crippen LogP) is 2.40. The van der Waals surface area contributed by atoms with E-state index < -0.39 is 0 Å². The Bertz CT molecular complexity index is 650. The highest BCUT2D eigenvalue weighted by molar-refractivity contribution is 5.79. The molecule has 0 amide bonds. The number of likely N-dealkylation sites (N-methyl/N-ethyl adjacent to an activating group) is 1. The third kappa shape index (κ3) is 6.19. The fourth-order valence-electron chi connectivity index (χ4n) is 2.66. The number of hydrogen-bond donors (Lipinski definition) is 2. The number of rotatable bonds is 7. The summed E-state index contributed by atoms with van der Waals surface area (Å²) < 4.78 is 0. The zero-order valence-electron chi connectivity index (χ0n) is 15.7. The Labute approximate surface area is 151 Å². The third-order valence-corrected chi connectivity index (χ3v) is 4.17. The molecule has 0 aliphatic rings. The lowest BCUT2D eigenvalue weighted by molar-refractivity contribution is 0.298. The van der Waals surface area contributed by atoms with Crippen LogP contribution in [0.25, 0.3) is 0 Å². The van der Waals surface area contributed by atoms with Gasteiger partial charge in [-0.25, -0.2) is 0 Å². The minimum atomic E-state index is 0.287. The minimum absolute atomic E-state index is 0.287. The zero-order chi connectivity index (χ0) is 18.1. The van der Waals surface area contributed by atoms with Gasteiger partial charge in [-0.3, -0.25) is 9.98 Å². The van der Waals surface area contributed by atoms with Crippen LogP contribution in [0.5, 0.6) is 0 Å². The average Bonchev–Trinajstić information content (AvgIpc) is 2.62. The Hall–Kier alpha value is -2.40. The summed E-state index contributed by atoms with van der Waals surface area (Å²) in [6.45, 7) is 3.70. The van der Waals surface area contributed by atoms with Crippen LogP contribution in [0.2, 0.25) is 0 Å². The van der Waals surface area contributed by atoms with E-state index in [0.717, 1.165) is 31.2 Å². The molecule has 1 aromatic carbocycles. The molecule has 2 aromatic rings. The van der Waals surface area contributed by atoms with Crippen LogP contribution in [0.15, 0.2) is 53.7 Å². The summed E-state index contributed by atoms with van der Waals surface area (Å²) in [5.41, 5.74) is 3.66. The first-order chi connectivity index (χ1) is 12.1. The van der Waals surface area contributed by atoms with Crippen LogP contribution in [0.4, 0.5) is 0 Å². The summed E-state index contributed by atoms with van der Waals surface area (Å²) in [5.74, 6) is 0.815.